The van der Waals surface area contributed by atoms with Gasteiger partial charge in [0.1, 0.15) is 5.82 Å². The molecule has 1 aliphatic rings. The van der Waals surface area contributed by atoms with Gasteiger partial charge < -0.3 is 15.1 Å². The second kappa shape index (κ2) is 10.4. The van der Waals surface area contributed by atoms with Crippen LogP contribution in [-0.4, -0.2) is 48.4 Å². The van der Waals surface area contributed by atoms with E-state index in [0.29, 0.717) is 25.9 Å². The SMILES string of the molecule is CCc1ccccc1NC(=O)CN(C)C(=O)C1CCN(c2ncc(C(F)(F)F)cc2Cl)CC1. The Morgan fingerprint density at radius 3 is 2.52 bits per heavy atom. The molecule has 10 heteroatoms. The van der Waals surface area contributed by atoms with Gasteiger partial charge in [0.2, 0.25) is 11.8 Å². The van der Waals surface area contributed by atoms with Gasteiger partial charge in [0, 0.05) is 37.9 Å². The Labute approximate surface area is 195 Å². The van der Waals surface area contributed by atoms with Crippen LogP contribution in [0, 0.1) is 5.92 Å². The topological polar surface area (TPSA) is 65.5 Å². The molecule has 1 aromatic carbocycles. The van der Waals surface area contributed by atoms with E-state index in [9.17, 15) is 22.8 Å². The predicted octanol–water partition coefficient (Wildman–Crippen LogP) is 4.63. The molecule has 2 amide bonds. The third-order valence-electron chi connectivity index (χ3n) is 5.72. The summed E-state index contributed by atoms with van der Waals surface area (Å²) in [5.74, 6) is -0.418. The molecule has 0 radical (unpaired) electrons. The largest absolute Gasteiger partial charge is 0.417 e. The van der Waals surface area contributed by atoms with Gasteiger partial charge in [0.05, 0.1) is 17.1 Å². The number of hydrogen-bond acceptors (Lipinski definition) is 4. The molecule has 3 rings (SSSR count). The van der Waals surface area contributed by atoms with Crippen LogP contribution in [0.3, 0.4) is 0 Å². The molecule has 2 aromatic rings. The highest BCUT2D eigenvalue weighted by molar-refractivity contribution is 6.33. The van der Waals surface area contributed by atoms with Crippen molar-refractivity contribution in [1.82, 2.24) is 9.88 Å². The lowest BCUT2D eigenvalue weighted by atomic mass is 9.95. The highest BCUT2D eigenvalue weighted by Gasteiger charge is 2.33. The zero-order chi connectivity index (χ0) is 24.2. The summed E-state index contributed by atoms with van der Waals surface area (Å²) in [6, 6.07) is 8.38. The van der Waals surface area contributed by atoms with E-state index in [-0.39, 0.29) is 35.1 Å². The fourth-order valence-corrected chi connectivity index (χ4v) is 4.19. The fourth-order valence-electron chi connectivity index (χ4n) is 3.90. The van der Waals surface area contributed by atoms with Gasteiger partial charge >= 0.3 is 6.18 Å². The minimum absolute atomic E-state index is 0.0661. The van der Waals surface area contributed by atoms with Gasteiger partial charge in [0.15, 0.2) is 0 Å². The van der Waals surface area contributed by atoms with Crippen molar-refractivity contribution in [1.29, 1.82) is 0 Å². The van der Waals surface area contributed by atoms with Gasteiger partial charge in [-0.05, 0) is 37.0 Å². The first kappa shape index (κ1) is 24.8. The molecule has 33 heavy (non-hydrogen) atoms. The van der Waals surface area contributed by atoms with Crippen molar-refractivity contribution in [2.45, 2.75) is 32.4 Å². The summed E-state index contributed by atoms with van der Waals surface area (Å²) in [5, 5.41) is 2.78. The molecule has 2 heterocycles. The highest BCUT2D eigenvalue weighted by atomic mass is 35.5. The number of likely N-dealkylation sites (N-methyl/N-ethyl adjacent to an activating group) is 1. The number of rotatable bonds is 6. The Kier molecular flexibility index (Phi) is 7.84. The molecule has 1 saturated heterocycles. The molecule has 0 unspecified atom stereocenters. The molecule has 6 nitrogen and oxygen atoms in total. The molecule has 0 spiro atoms. The lowest BCUT2D eigenvalue weighted by molar-refractivity contribution is -0.138. The number of aryl methyl sites for hydroxylation is 1. The molecule has 1 aliphatic heterocycles. The maximum absolute atomic E-state index is 12.8. The van der Waals surface area contributed by atoms with Gasteiger partial charge in [0.25, 0.3) is 0 Å². The van der Waals surface area contributed by atoms with E-state index in [1.54, 1.807) is 11.9 Å². The summed E-state index contributed by atoms with van der Waals surface area (Å²) in [4.78, 5) is 32.4. The smallest absolute Gasteiger partial charge is 0.355 e. The fraction of sp³-hybridized carbons (Fsp3) is 0.435. The minimum atomic E-state index is -4.51. The summed E-state index contributed by atoms with van der Waals surface area (Å²) < 4.78 is 38.5. The number of piperidine rings is 1. The Balaban J connectivity index is 1.54. The Morgan fingerprint density at radius 2 is 1.91 bits per heavy atom. The number of pyridine rings is 1. The Bertz CT molecular complexity index is 1010. The number of anilines is 2. The second-order valence-electron chi connectivity index (χ2n) is 8.04. The molecular weight excluding hydrogens is 457 g/mol. The van der Waals surface area contributed by atoms with E-state index < -0.39 is 11.7 Å². The van der Waals surface area contributed by atoms with Crippen molar-refractivity contribution in [2.24, 2.45) is 5.92 Å². The molecule has 178 valence electrons. The monoisotopic (exact) mass is 482 g/mol. The van der Waals surface area contributed by atoms with Crippen molar-refractivity contribution >= 4 is 34.9 Å². The summed E-state index contributed by atoms with van der Waals surface area (Å²) in [6.45, 7) is 2.79. The van der Waals surface area contributed by atoms with Crippen LogP contribution in [-0.2, 0) is 22.2 Å². The standard InChI is InChI=1S/C23H26ClF3N4O2/c1-3-15-6-4-5-7-19(15)29-20(32)14-30(2)22(33)16-8-10-31(11-9-16)21-18(24)12-17(13-28-21)23(25,26)27/h4-7,12-13,16H,3,8-11,14H2,1-2H3,(H,29,32). The molecule has 0 saturated carbocycles. The van der Waals surface area contributed by atoms with Gasteiger partial charge in [-0.15, -0.1) is 0 Å². The van der Waals surface area contributed by atoms with E-state index >= 15 is 0 Å². The summed E-state index contributed by atoms with van der Waals surface area (Å²) in [5.41, 5.74) is 0.852. The molecule has 1 aromatic heterocycles. The molecular formula is C23H26ClF3N4O2. The lowest BCUT2D eigenvalue weighted by Crippen LogP contribution is -2.43. The van der Waals surface area contributed by atoms with Crippen molar-refractivity contribution in [2.75, 3.05) is 36.9 Å². The van der Waals surface area contributed by atoms with E-state index in [1.165, 1.54) is 4.90 Å². The second-order valence-corrected chi connectivity index (χ2v) is 8.45. The van der Waals surface area contributed by atoms with Gasteiger partial charge in [-0.1, -0.05) is 36.7 Å². The average molecular weight is 483 g/mol. The lowest BCUT2D eigenvalue weighted by Gasteiger charge is -2.34. The Hall–Kier alpha value is -2.81. The van der Waals surface area contributed by atoms with Crippen molar-refractivity contribution in [3.63, 3.8) is 0 Å². The number of hydrogen-bond donors (Lipinski definition) is 1. The van der Waals surface area contributed by atoms with Crippen molar-refractivity contribution in [3.05, 3.63) is 52.7 Å². The third-order valence-corrected chi connectivity index (χ3v) is 6.00. The maximum Gasteiger partial charge on any atom is 0.417 e. The third kappa shape index (κ3) is 6.16. The van der Waals surface area contributed by atoms with Crippen LogP contribution in [0.25, 0.3) is 0 Å². The maximum atomic E-state index is 12.8. The van der Waals surface area contributed by atoms with Crippen LogP contribution in [0.15, 0.2) is 36.5 Å². The number of aromatic nitrogens is 1. The Morgan fingerprint density at radius 1 is 1.24 bits per heavy atom. The van der Waals surface area contributed by atoms with Crippen LogP contribution in [0.1, 0.15) is 30.9 Å². The molecule has 0 bridgehead atoms. The van der Waals surface area contributed by atoms with Crippen molar-refractivity contribution in [3.8, 4) is 0 Å². The average Bonchev–Trinajstić information content (AvgIpc) is 2.78. The van der Waals surface area contributed by atoms with E-state index in [0.717, 1.165) is 29.9 Å². The first-order chi connectivity index (χ1) is 15.6. The number of carbonyl (C=O) groups is 2. The summed E-state index contributed by atoms with van der Waals surface area (Å²) >= 11 is 6.04. The quantitative estimate of drug-likeness (QED) is 0.652. The number of para-hydroxylation sites is 1. The van der Waals surface area contributed by atoms with Crippen LogP contribution in [0.5, 0.6) is 0 Å². The number of benzene rings is 1. The number of halogens is 4. The van der Waals surface area contributed by atoms with E-state index in [2.05, 4.69) is 10.3 Å². The van der Waals surface area contributed by atoms with Crippen LogP contribution >= 0.6 is 11.6 Å². The molecule has 1 fully saturated rings. The summed E-state index contributed by atoms with van der Waals surface area (Å²) in [6.07, 6.45) is -1.99. The number of alkyl halides is 3. The zero-order valence-corrected chi connectivity index (χ0v) is 19.2. The minimum Gasteiger partial charge on any atom is -0.355 e. The van der Waals surface area contributed by atoms with Crippen molar-refractivity contribution < 1.29 is 22.8 Å². The highest BCUT2D eigenvalue weighted by Crippen LogP contribution is 2.34. The first-order valence-corrected chi connectivity index (χ1v) is 11.1. The molecule has 0 aliphatic carbocycles. The summed E-state index contributed by atoms with van der Waals surface area (Å²) in [7, 11) is 1.59. The van der Waals surface area contributed by atoms with Gasteiger partial charge in [-0.3, -0.25) is 9.59 Å². The van der Waals surface area contributed by atoms with Gasteiger partial charge in [-0.2, -0.15) is 13.2 Å². The molecule has 0 atom stereocenters. The number of carbonyl (C=O) groups excluding carboxylic acids is 2. The number of amides is 2. The normalized spacial score (nSPS) is 14.8. The zero-order valence-electron chi connectivity index (χ0n) is 18.5. The predicted molar refractivity (Wildman–Crippen MR) is 121 cm³/mol. The van der Waals surface area contributed by atoms with Crippen LogP contribution < -0.4 is 10.2 Å². The van der Waals surface area contributed by atoms with Gasteiger partial charge in [-0.25, -0.2) is 4.98 Å². The number of nitrogens with one attached hydrogen (secondary N) is 1. The first-order valence-electron chi connectivity index (χ1n) is 10.7. The van der Waals surface area contributed by atoms with E-state index in [1.807, 2.05) is 31.2 Å². The number of nitrogens with zero attached hydrogens (tertiary/aromatic N) is 3. The van der Waals surface area contributed by atoms with Crippen LogP contribution in [0.4, 0.5) is 24.7 Å². The van der Waals surface area contributed by atoms with E-state index in [4.69, 9.17) is 11.6 Å². The molecule has 1 N–H and O–H groups in total. The van der Waals surface area contributed by atoms with Crippen LogP contribution in [0.2, 0.25) is 5.02 Å².